The molecule has 6 heteroatoms. The molecule has 0 spiro atoms. The molecule has 0 aromatic carbocycles. The Bertz CT molecular complexity index is 1290. The smallest absolute Gasteiger partial charge is 0.306 e. The topological polar surface area (TPSA) is 78.9 Å². The highest BCUT2D eigenvalue weighted by Crippen LogP contribution is 2.15. The Morgan fingerprint density at radius 1 is 0.290 bits per heavy atom. The number of allylic oxidation sites excluding steroid dienone is 12. The van der Waals surface area contributed by atoms with Gasteiger partial charge in [-0.05, 0) is 109 Å². The van der Waals surface area contributed by atoms with E-state index in [1.54, 1.807) is 0 Å². The molecule has 0 N–H and O–H groups in total. The van der Waals surface area contributed by atoms with Crippen molar-refractivity contribution in [3.05, 3.63) is 72.9 Å². The van der Waals surface area contributed by atoms with Gasteiger partial charge in [0.2, 0.25) is 0 Å². The van der Waals surface area contributed by atoms with Crippen LogP contribution in [-0.4, -0.2) is 37.2 Å². The van der Waals surface area contributed by atoms with E-state index in [0.717, 1.165) is 64.2 Å². The molecule has 6 nitrogen and oxygen atoms in total. The molecule has 0 fully saturated rings. The monoisotopic (exact) mass is 963 g/mol. The van der Waals surface area contributed by atoms with Crippen LogP contribution in [0.4, 0.5) is 0 Å². The van der Waals surface area contributed by atoms with Crippen LogP contribution in [0, 0.1) is 0 Å². The molecule has 0 aromatic rings. The first-order valence-corrected chi connectivity index (χ1v) is 29.4. The van der Waals surface area contributed by atoms with Gasteiger partial charge in [0.05, 0.1) is 0 Å². The zero-order valence-corrected chi connectivity index (χ0v) is 45.6. The summed E-state index contributed by atoms with van der Waals surface area (Å²) in [6, 6.07) is 0. The molecular formula is C63H110O6. The first-order valence-electron chi connectivity index (χ1n) is 29.4. The fourth-order valence-corrected chi connectivity index (χ4v) is 8.19. The Labute approximate surface area is 427 Å². The van der Waals surface area contributed by atoms with Gasteiger partial charge in [-0.1, -0.05) is 235 Å². The zero-order chi connectivity index (χ0) is 50.0. The number of carbonyl (C=O) groups excluding carboxylic acids is 3. The molecule has 0 aliphatic rings. The Balaban J connectivity index is 4.45. The third-order valence-corrected chi connectivity index (χ3v) is 12.7. The van der Waals surface area contributed by atoms with E-state index in [2.05, 4.69) is 93.7 Å². The number of esters is 3. The fourth-order valence-electron chi connectivity index (χ4n) is 8.19. The summed E-state index contributed by atoms with van der Waals surface area (Å²) in [7, 11) is 0. The lowest BCUT2D eigenvalue weighted by Gasteiger charge is -2.18. The van der Waals surface area contributed by atoms with Gasteiger partial charge < -0.3 is 14.2 Å². The van der Waals surface area contributed by atoms with E-state index < -0.39 is 6.10 Å². The van der Waals surface area contributed by atoms with Crippen LogP contribution < -0.4 is 0 Å². The van der Waals surface area contributed by atoms with Gasteiger partial charge in [-0.25, -0.2) is 0 Å². The average molecular weight is 964 g/mol. The highest BCUT2D eigenvalue weighted by molar-refractivity contribution is 5.71. The van der Waals surface area contributed by atoms with E-state index in [1.807, 2.05) is 0 Å². The molecule has 0 amide bonds. The standard InChI is InChI=1S/C63H110O6/c1-4-7-10-13-16-19-22-25-28-30-31-33-35-38-41-44-47-50-53-56-62(65)68-59-60(58-67-61(64)55-52-49-46-43-40-37-34-27-24-21-18-15-12-9-6-3)69-63(66)57-54-51-48-45-42-39-36-32-29-26-23-20-17-14-11-8-5-2/h16,19,21,24-26,28-29,36,39,45,48,60H,4-15,17-18,20,22-23,27,30-35,37-38,40-44,46-47,49-59H2,1-3H3/b19-16-,24-21-,28-25-,29-26-,39-36-,48-45-/t60-/m0/s1. The lowest BCUT2D eigenvalue weighted by Crippen LogP contribution is -2.30. The summed E-state index contributed by atoms with van der Waals surface area (Å²) < 4.78 is 16.8. The van der Waals surface area contributed by atoms with Crippen LogP contribution in [0.25, 0.3) is 0 Å². The summed E-state index contributed by atoms with van der Waals surface area (Å²) in [4.78, 5) is 38.2. The maximum Gasteiger partial charge on any atom is 0.306 e. The van der Waals surface area contributed by atoms with Crippen molar-refractivity contribution in [1.82, 2.24) is 0 Å². The van der Waals surface area contributed by atoms with Gasteiger partial charge >= 0.3 is 17.9 Å². The van der Waals surface area contributed by atoms with Crippen LogP contribution in [0.5, 0.6) is 0 Å². The van der Waals surface area contributed by atoms with Crippen molar-refractivity contribution in [2.75, 3.05) is 13.2 Å². The van der Waals surface area contributed by atoms with Gasteiger partial charge in [-0.2, -0.15) is 0 Å². The van der Waals surface area contributed by atoms with Crippen molar-refractivity contribution in [2.24, 2.45) is 0 Å². The van der Waals surface area contributed by atoms with Crippen molar-refractivity contribution in [3.8, 4) is 0 Å². The first-order chi connectivity index (χ1) is 34.0. The largest absolute Gasteiger partial charge is 0.462 e. The second kappa shape index (κ2) is 57.4. The van der Waals surface area contributed by atoms with Gasteiger partial charge in [0.1, 0.15) is 13.2 Å². The van der Waals surface area contributed by atoms with E-state index in [0.29, 0.717) is 19.3 Å². The number of unbranched alkanes of at least 4 members (excludes halogenated alkanes) is 30. The summed E-state index contributed by atoms with van der Waals surface area (Å²) in [5.74, 6) is -0.951. The van der Waals surface area contributed by atoms with E-state index in [-0.39, 0.29) is 37.5 Å². The van der Waals surface area contributed by atoms with Crippen molar-refractivity contribution < 1.29 is 28.6 Å². The van der Waals surface area contributed by atoms with Gasteiger partial charge in [-0.15, -0.1) is 0 Å². The minimum Gasteiger partial charge on any atom is -0.462 e. The molecule has 0 saturated carbocycles. The van der Waals surface area contributed by atoms with Crippen LogP contribution in [0.15, 0.2) is 72.9 Å². The van der Waals surface area contributed by atoms with Gasteiger partial charge in [0, 0.05) is 19.3 Å². The van der Waals surface area contributed by atoms with Gasteiger partial charge in [0.25, 0.3) is 0 Å². The second-order valence-electron chi connectivity index (χ2n) is 19.5. The highest BCUT2D eigenvalue weighted by Gasteiger charge is 2.19. The molecule has 0 aliphatic carbocycles. The summed E-state index contributed by atoms with van der Waals surface area (Å²) in [6.45, 7) is 6.57. The van der Waals surface area contributed by atoms with Crippen LogP contribution in [0.2, 0.25) is 0 Å². The highest BCUT2D eigenvalue weighted by atomic mass is 16.6. The van der Waals surface area contributed by atoms with Crippen LogP contribution >= 0.6 is 0 Å². The zero-order valence-electron chi connectivity index (χ0n) is 45.6. The molecule has 0 unspecified atom stereocenters. The maximum absolute atomic E-state index is 12.8. The first kappa shape index (κ1) is 65.8. The van der Waals surface area contributed by atoms with Crippen molar-refractivity contribution in [1.29, 1.82) is 0 Å². The molecule has 0 radical (unpaired) electrons. The molecule has 0 aromatic heterocycles. The minimum atomic E-state index is -0.805. The fraction of sp³-hybridized carbons (Fsp3) is 0.762. The van der Waals surface area contributed by atoms with Gasteiger partial charge in [-0.3, -0.25) is 14.4 Å². The van der Waals surface area contributed by atoms with Crippen molar-refractivity contribution in [3.63, 3.8) is 0 Å². The quantitative estimate of drug-likeness (QED) is 0.0262. The SMILES string of the molecule is CCCCC/C=C\C/C=C\CCCCCCCCCCCC(=O)OC[C@H](COC(=O)CCCCCCCCC/C=C\CCCCCC)OC(=O)CCC/C=C\C/C=C\C/C=C\CCCCCCCC. The maximum atomic E-state index is 12.8. The molecule has 0 aliphatic heterocycles. The van der Waals surface area contributed by atoms with E-state index >= 15 is 0 Å². The Kier molecular flexibility index (Phi) is 54.8. The summed E-state index contributed by atoms with van der Waals surface area (Å²) >= 11 is 0. The predicted molar refractivity (Wildman–Crippen MR) is 298 cm³/mol. The van der Waals surface area contributed by atoms with Crippen LogP contribution in [0.3, 0.4) is 0 Å². The van der Waals surface area contributed by atoms with E-state index in [9.17, 15) is 14.4 Å². The Hall–Kier alpha value is -3.15. The summed E-state index contributed by atoms with van der Waals surface area (Å²) in [6.07, 6.45) is 73.2. The molecule has 0 saturated heterocycles. The lowest BCUT2D eigenvalue weighted by molar-refractivity contribution is -0.167. The van der Waals surface area contributed by atoms with Crippen molar-refractivity contribution in [2.45, 2.75) is 297 Å². The number of carbonyl (C=O) groups is 3. The number of hydrogen-bond acceptors (Lipinski definition) is 6. The van der Waals surface area contributed by atoms with Gasteiger partial charge in [0.15, 0.2) is 6.10 Å². The molecule has 0 rings (SSSR count). The predicted octanol–water partition coefficient (Wildman–Crippen LogP) is 19.8. The number of ether oxygens (including phenoxy) is 3. The minimum absolute atomic E-state index is 0.0981. The average Bonchev–Trinajstić information content (AvgIpc) is 3.35. The van der Waals surface area contributed by atoms with Crippen LogP contribution in [-0.2, 0) is 28.6 Å². The van der Waals surface area contributed by atoms with E-state index in [1.165, 1.54) is 180 Å². The Morgan fingerprint density at radius 2 is 0.536 bits per heavy atom. The molecule has 0 heterocycles. The molecule has 398 valence electrons. The normalized spacial score (nSPS) is 12.6. The lowest BCUT2D eigenvalue weighted by atomic mass is 10.1. The second-order valence-corrected chi connectivity index (χ2v) is 19.5. The number of rotatable bonds is 53. The summed E-state index contributed by atoms with van der Waals surface area (Å²) in [5, 5.41) is 0. The third kappa shape index (κ3) is 55.6. The Morgan fingerprint density at radius 3 is 0.913 bits per heavy atom. The van der Waals surface area contributed by atoms with Crippen LogP contribution in [0.1, 0.15) is 290 Å². The number of hydrogen-bond donors (Lipinski definition) is 0. The molecule has 69 heavy (non-hydrogen) atoms. The molecule has 1 atom stereocenters. The summed E-state index contributed by atoms with van der Waals surface area (Å²) in [5.41, 5.74) is 0. The third-order valence-electron chi connectivity index (χ3n) is 12.7. The van der Waals surface area contributed by atoms with Crippen molar-refractivity contribution >= 4 is 17.9 Å². The molecule has 0 bridgehead atoms. The van der Waals surface area contributed by atoms with E-state index in [4.69, 9.17) is 14.2 Å². The molecular weight excluding hydrogens is 853 g/mol.